The number of esters is 1. The second kappa shape index (κ2) is 41.3. The second-order valence-electron chi connectivity index (χ2n) is 14.9. The topological polar surface area (TPSA) is 76.1 Å². The van der Waals surface area contributed by atoms with Crippen molar-refractivity contribution in [2.45, 2.75) is 232 Å². The van der Waals surface area contributed by atoms with Gasteiger partial charge in [-0.05, 0) is 64.5 Å². The number of ether oxygens (including phenoxy) is 2. The van der Waals surface area contributed by atoms with Crippen LogP contribution in [0, 0.1) is 0 Å². The molecule has 0 bridgehead atoms. The molecule has 0 aromatic carbocycles. The summed E-state index contributed by atoms with van der Waals surface area (Å²) in [5.74, 6) is 0.0379. The highest BCUT2D eigenvalue weighted by Gasteiger charge is 2.14. The van der Waals surface area contributed by atoms with E-state index in [-0.39, 0.29) is 18.7 Å². The minimum Gasteiger partial charge on any atom is -0.468 e. The van der Waals surface area contributed by atoms with E-state index in [9.17, 15) is 14.7 Å². The van der Waals surface area contributed by atoms with Gasteiger partial charge in [0.25, 0.3) is 6.47 Å². The van der Waals surface area contributed by atoms with Gasteiger partial charge < -0.3 is 19.5 Å². The molecule has 0 aromatic rings. The summed E-state index contributed by atoms with van der Waals surface area (Å²) in [6.45, 7) is 8.89. The van der Waals surface area contributed by atoms with Crippen LogP contribution in [0.2, 0.25) is 0 Å². The molecule has 0 spiro atoms. The Balaban J connectivity index is 0.00000162. The number of aliphatic hydroxyl groups is 1. The first-order chi connectivity index (χ1) is 24.2. The van der Waals surface area contributed by atoms with Crippen LogP contribution in [0.1, 0.15) is 226 Å². The first-order valence-electron chi connectivity index (χ1n) is 21.8. The van der Waals surface area contributed by atoms with Crippen molar-refractivity contribution in [3.8, 4) is 0 Å². The predicted molar refractivity (Wildman–Crippen MR) is 209 cm³/mol. The summed E-state index contributed by atoms with van der Waals surface area (Å²) in [5, 5.41) is 9.38. The molecule has 1 aliphatic carbocycles. The lowest BCUT2D eigenvalue weighted by Crippen LogP contribution is -2.29. The summed E-state index contributed by atoms with van der Waals surface area (Å²) >= 11 is 0. The molecule has 6 nitrogen and oxygen atoms in total. The van der Waals surface area contributed by atoms with E-state index in [0.717, 1.165) is 51.7 Å². The van der Waals surface area contributed by atoms with Crippen LogP contribution in [0.15, 0.2) is 0 Å². The van der Waals surface area contributed by atoms with Gasteiger partial charge >= 0.3 is 5.97 Å². The summed E-state index contributed by atoms with van der Waals surface area (Å²) in [6.07, 6.45) is 41.4. The number of rotatable bonds is 27. The summed E-state index contributed by atoms with van der Waals surface area (Å²) in [7, 11) is 0. The molecule has 1 saturated carbocycles. The van der Waals surface area contributed by atoms with Gasteiger partial charge in [0.15, 0.2) is 0 Å². The van der Waals surface area contributed by atoms with E-state index in [1.807, 2.05) is 0 Å². The standard InChI is InChI=1S/C33H65NO3.C10H20O2/c1-2-3-4-5-18-23-28-34(30-31-35)29-24-19-14-17-22-27-33(36)37-32-25-20-15-12-10-8-6-7-9-11-13-16-21-26-32;1-2-3-4-5-6-7-8-9-12-10-11/h32,35H,2-31H2,1H3;10H,2-9H2,1H3. The molecule has 1 rings (SSSR count). The minimum absolute atomic E-state index is 0.0379. The predicted octanol–water partition coefficient (Wildman–Crippen LogP) is 12.3. The molecule has 1 N–H and O–H groups in total. The third kappa shape index (κ3) is 37.9. The van der Waals surface area contributed by atoms with Crippen LogP contribution in [0.4, 0.5) is 0 Å². The molecule has 6 heteroatoms. The Morgan fingerprint density at radius 2 is 0.980 bits per heavy atom. The Hall–Kier alpha value is -1.14. The van der Waals surface area contributed by atoms with Crippen molar-refractivity contribution in [1.82, 2.24) is 4.90 Å². The molecule has 0 radical (unpaired) electrons. The smallest absolute Gasteiger partial charge is 0.306 e. The number of unbranched alkanes of at least 4 members (excludes halogenated alkanes) is 15. The number of hydrogen-bond acceptors (Lipinski definition) is 6. The van der Waals surface area contributed by atoms with Gasteiger partial charge in [-0.1, -0.05) is 168 Å². The van der Waals surface area contributed by atoms with Crippen molar-refractivity contribution >= 4 is 12.4 Å². The van der Waals surface area contributed by atoms with E-state index in [0.29, 0.717) is 19.5 Å². The van der Waals surface area contributed by atoms with Crippen LogP contribution < -0.4 is 0 Å². The Morgan fingerprint density at radius 3 is 1.43 bits per heavy atom. The molecule has 0 heterocycles. The van der Waals surface area contributed by atoms with Crippen LogP contribution >= 0.6 is 0 Å². The maximum absolute atomic E-state index is 12.5. The lowest BCUT2D eigenvalue weighted by atomic mass is 10.0. The van der Waals surface area contributed by atoms with Gasteiger partial charge in [0.2, 0.25) is 0 Å². The molecule has 0 aliphatic heterocycles. The summed E-state index contributed by atoms with van der Waals surface area (Å²) < 4.78 is 10.5. The maximum Gasteiger partial charge on any atom is 0.306 e. The average molecular weight is 696 g/mol. The second-order valence-corrected chi connectivity index (χ2v) is 14.9. The van der Waals surface area contributed by atoms with Crippen molar-refractivity contribution in [2.24, 2.45) is 0 Å². The third-order valence-corrected chi connectivity index (χ3v) is 10.1. The highest BCUT2D eigenvalue weighted by molar-refractivity contribution is 5.69. The largest absolute Gasteiger partial charge is 0.468 e. The number of carbonyl (C=O) groups is 2. The van der Waals surface area contributed by atoms with E-state index in [2.05, 4.69) is 23.5 Å². The highest BCUT2D eigenvalue weighted by Crippen LogP contribution is 2.20. The van der Waals surface area contributed by atoms with Crippen LogP contribution in [-0.4, -0.2) is 61.4 Å². The van der Waals surface area contributed by atoms with Crippen LogP contribution in [0.5, 0.6) is 0 Å². The Labute approximate surface area is 305 Å². The SMILES string of the molecule is CCCCCCCCCOC=O.CCCCCCCCN(CCO)CCCCCCCC(=O)OC1CCCCCCCCCCCCCC1. The molecular weight excluding hydrogens is 610 g/mol. The van der Waals surface area contributed by atoms with E-state index < -0.39 is 0 Å². The van der Waals surface area contributed by atoms with Gasteiger partial charge in [-0.2, -0.15) is 0 Å². The molecular formula is C43H85NO5. The first-order valence-corrected chi connectivity index (χ1v) is 21.8. The fraction of sp³-hybridized carbons (Fsp3) is 0.953. The molecule has 0 saturated heterocycles. The summed E-state index contributed by atoms with van der Waals surface area (Å²) in [6, 6.07) is 0. The highest BCUT2D eigenvalue weighted by atomic mass is 16.5. The van der Waals surface area contributed by atoms with Gasteiger partial charge in [-0.15, -0.1) is 0 Å². The van der Waals surface area contributed by atoms with Gasteiger partial charge in [0.05, 0.1) is 13.2 Å². The Bertz CT molecular complexity index is 644. The molecule has 0 amide bonds. The van der Waals surface area contributed by atoms with E-state index in [1.165, 1.54) is 173 Å². The normalized spacial score (nSPS) is 15.5. The number of carbonyl (C=O) groups excluding carboxylic acids is 2. The van der Waals surface area contributed by atoms with Gasteiger partial charge in [0.1, 0.15) is 6.10 Å². The third-order valence-electron chi connectivity index (χ3n) is 10.1. The molecule has 1 aliphatic rings. The van der Waals surface area contributed by atoms with E-state index >= 15 is 0 Å². The Morgan fingerprint density at radius 1 is 0.571 bits per heavy atom. The Kier molecular flexibility index (Phi) is 40.3. The molecule has 0 aromatic heterocycles. The average Bonchev–Trinajstić information content (AvgIpc) is 3.11. The van der Waals surface area contributed by atoms with Crippen molar-refractivity contribution in [2.75, 3.05) is 32.8 Å². The van der Waals surface area contributed by atoms with Crippen molar-refractivity contribution in [1.29, 1.82) is 0 Å². The number of hydrogen-bond donors (Lipinski definition) is 1. The molecule has 0 unspecified atom stereocenters. The maximum atomic E-state index is 12.5. The lowest BCUT2D eigenvalue weighted by Gasteiger charge is -2.21. The van der Waals surface area contributed by atoms with E-state index in [1.54, 1.807) is 0 Å². The van der Waals surface area contributed by atoms with Gasteiger partial charge in [0, 0.05) is 13.0 Å². The zero-order valence-electron chi connectivity index (χ0n) is 33.1. The minimum atomic E-state index is 0.0379. The van der Waals surface area contributed by atoms with Crippen molar-refractivity contribution < 1.29 is 24.2 Å². The van der Waals surface area contributed by atoms with Crippen molar-refractivity contribution in [3.05, 3.63) is 0 Å². The first kappa shape index (κ1) is 47.9. The summed E-state index contributed by atoms with van der Waals surface area (Å²) in [4.78, 5) is 24.7. The fourth-order valence-corrected chi connectivity index (χ4v) is 6.94. The van der Waals surface area contributed by atoms with E-state index in [4.69, 9.17) is 4.74 Å². The summed E-state index contributed by atoms with van der Waals surface area (Å²) in [5.41, 5.74) is 0. The molecule has 1 fully saturated rings. The molecule has 292 valence electrons. The monoisotopic (exact) mass is 696 g/mol. The number of nitrogens with zero attached hydrogens (tertiary/aromatic N) is 1. The fourth-order valence-electron chi connectivity index (χ4n) is 6.94. The molecule has 49 heavy (non-hydrogen) atoms. The van der Waals surface area contributed by atoms with Crippen LogP contribution in [-0.2, 0) is 19.1 Å². The lowest BCUT2D eigenvalue weighted by molar-refractivity contribution is -0.150. The van der Waals surface area contributed by atoms with Crippen LogP contribution in [0.3, 0.4) is 0 Å². The number of aliphatic hydroxyl groups excluding tert-OH is 1. The van der Waals surface area contributed by atoms with Crippen molar-refractivity contribution in [3.63, 3.8) is 0 Å². The zero-order valence-corrected chi connectivity index (χ0v) is 33.1. The van der Waals surface area contributed by atoms with Gasteiger partial charge in [-0.25, -0.2) is 0 Å². The zero-order chi connectivity index (χ0) is 35.7. The quantitative estimate of drug-likeness (QED) is 0.0524. The van der Waals surface area contributed by atoms with Crippen LogP contribution in [0.25, 0.3) is 0 Å². The molecule has 0 atom stereocenters. The van der Waals surface area contributed by atoms with Gasteiger partial charge in [-0.3, -0.25) is 9.59 Å².